The second kappa shape index (κ2) is 5.88. The lowest BCUT2D eigenvalue weighted by Crippen LogP contribution is -1.95. The quantitative estimate of drug-likeness (QED) is 0.746. The predicted molar refractivity (Wildman–Crippen MR) is 88.6 cm³/mol. The van der Waals surface area contributed by atoms with Crippen molar-refractivity contribution in [3.05, 3.63) is 51.5 Å². The number of hydrogen-bond donors (Lipinski definition) is 1. The first-order chi connectivity index (χ1) is 9.38. The van der Waals surface area contributed by atoms with Crippen LogP contribution in [0.4, 0.5) is 5.69 Å². The van der Waals surface area contributed by atoms with Crippen molar-refractivity contribution in [2.75, 3.05) is 5.73 Å². The summed E-state index contributed by atoms with van der Waals surface area (Å²) in [6, 6.07) is 10.0. The maximum Gasteiger partial charge on any atom is 0.142 e. The zero-order valence-electron chi connectivity index (χ0n) is 12.3. The fourth-order valence-electron chi connectivity index (χ4n) is 2.24. The second-order valence-electron chi connectivity index (χ2n) is 5.41. The topological polar surface area (TPSA) is 35.2 Å². The van der Waals surface area contributed by atoms with Crippen LogP contribution >= 0.6 is 15.9 Å². The number of rotatable bonds is 3. The van der Waals surface area contributed by atoms with E-state index in [2.05, 4.69) is 48.8 Å². The first-order valence-corrected chi connectivity index (χ1v) is 7.52. The van der Waals surface area contributed by atoms with E-state index in [1.165, 1.54) is 11.1 Å². The van der Waals surface area contributed by atoms with E-state index in [1.807, 2.05) is 25.1 Å². The molecule has 0 unspecified atom stereocenters. The molecule has 2 N–H and O–H groups in total. The van der Waals surface area contributed by atoms with Crippen LogP contribution in [-0.2, 0) is 0 Å². The van der Waals surface area contributed by atoms with Gasteiger partial charge in [0, 0.05) is 5.69 Å². The second-order valence-corrected chi connectivity index (χ2v) is 6.27. The molecule has 0 radical (unpaired) electrons. The van der Waals surface area contributed by atoms with Crippen LogP contribution in [0.1, 0.15) is 36.5 Å². The minimum atomic E-state index is 0.523. The minimum Gasteiger partial charge on any atom is -0.456 e. The van der Waals surface area contributed by atoms with Crippen LogP contribution in [0.3, 0.4) is 0 Å². The van der Waals surface area contributed by atoms with E-state index in [0.717, 1.165) is 27.2 Å². The Morgan fingerprint density at radius 2 is 1.75 bits per heavy atom. The van der Waals surface area contributed by atoms with E-state index in [9.17, 15) is 0 Å². The van der Waals surface area contributed by atoms with E-state index >= 15 is 0 Å². The van der Waals surface area contributed by atoms with Gasteiger partial charge in [0.05, 0.1) is 4.47 Å². The van der Waals surface area contributed by atoms with Gasteiger partial charge >= 0.3 is 0 Å². The van der Waals surface area contributed by atoms with Crippen molar-refractivity contribution >= 4 is 21.6 Å². The smallest absolute Gasteiger partial charge is 0.142 e. The molecule has 0 bridgehead atoms. The lowest BCUT2D eigenvalue weighted by Gasteiger charge is -2.14. The summed E-state index contributed by atoms with van der Waals surface area (Å²) < 4.78 is 6.82. The normalized spacial score (nSPS) is 10.9. The highest BCUT2D eigenvalue weighted by Gasteiger charge is 2.08. The summed E-state index contributed by atoms with van der Waals surface area (Å²) in [4.78, 5) is 0. The molecular formula is C17H20BrNO. The largest absolute Gasteiger partial charge is 0.456 e. The molecule has 0 saturated heterocycles. The molecule has 0 aromatic heterocycles. The number of anilines is 1. The lowest BCUT2D eigenvalue weighted by atomic mass is 9.98. The summed E-state index contributed by atoms with van der Waals surface area (Å²) in [7, 11) is 0. The summed E-state index contributed by atoms with van der Waals surface area (Å²) in [5.41, 5.74) is 10.2. The Morgan fingerprint density at radius 3 is 2.35 bits per heavy atom. The Labute approximate surface area is 129 Å². The van der Waals surface area contributed by atoms with E-state index in [-0.39, 0.29) is 0 Å². The number of ether oxygens (including phenoxy) is 1. The van der Waals surface area contributed by atoms with Gasteiger partial charge in [-0.1, -0.05) is 19.9 Å². The Bertz CT molecular complexity index is 635. The van der Waals surface area contributed by atoms with Gasteiger partial charge in [0.25, 0.3) is 0 Å². The zero-order chi connectivity index (χ0) is 14.9. The van der Waals surface area contributed by atoms with Crippen molar-refractivity contribution in [2.24, 2.45) is 0 Å². The Hall–Kier alpha value is -1.48. The molecule has 106 valence electrons. The molecule has 0 aliphatic heterocycles. The fourth-order valence-corrected chi connectivity index (χ4v) is 2.68. The molecule has 2 rings (SSSR count). The van der Waals surface area contributed by atoms with Crippen LogP contribution in [0.25, 0.3) is 0 Å². The molecule has 2 aromatic rings. The van der Waals surface area contributed by atoms with Gasteiger partial charge in [-0.3, -0.25) is 0 Å². The average molecular weight is 334 g/mol. The van der Waals surface area contributed by atoms with Crippen LogP contribution in [0.15, 0.2) is 34.8 Å². The van der Waals surface area contributed by atoms with Crippen molar-refractivity contribution < 1.29 is 4.74 Å². The lowest BCUT2D eigenvalue weighted by molar-refractivity contribution is 0.478. The van der Waals surface area contributed by atoms with Crippen molar-refractivity contribution in [2.45, 2.75) is 33.6 Å². The van der Waals surface area contributed by atoms with Crippen LogP contribution < -0.4 is 10.5 Å². The molecule has 0 saturated carbocycles. The SMILES string of the molecule is Cc1cc(Oc2ccc(C(C)C)c(C)c2)c(Br)cc1N. The maximum absolute atomic E-state index is 5.96. The van der Waals surface area contributed by atoms with E-state index in [1.54, 1.807) is 0 Å². The number of aryl methyl sites for hydroxylation is 2. The summed E-state index contributed by atoms with van der Waals surface area (Å²) in [5, 5.41) is 0. The van der Waals surface area contributed by atoms with Gasteiger partial charge in [0.15, 0.2) is 0 Å². The Kier molecular flexibility index (Phi) is 4.39. The molecule has 0 amide bonds. The molecule has 0 aliphatic rings. The average Bonchev–Trinajstić information content (AvgIpc) is 2.35. The number of halogens is 1. The molecule has 3 heteroatoms. The number of benzene rings is 2. The van der Waals surface area contributed by atoms with Gasteiger partial charge in [0.2, 0.25) is 0 Å². The van der Waals surface area contributed by atoms with Crippen molar-refractivity contribution in [3.8, 4) is 11.5 Å². The highest BCUT2D eigenvalue weighted by molar-refractivity contribution is 9.10. The van der Waals surface area contributed by atoms with E-state index in [0.29, 0.717) is 5.92 Å². The molecule has 0 aliphatic carbocycles. The Balaban J connectivity index is 2.31. The van der Waals surface area contributed by atoms with Gasteiger partial charge in [-0.25, -0.2) is 0 Å². The number of nitrogens with two attached hydrogens (primary N) is 1. The highest BCUT2D eigenvalue weighted by Crippen LogP contribution is 2.34. The molecule has 2 aromatic carbocycles. The van der Waals surface area contributed by atoms with Crippen LogP contribution in [0, 0.1) is 13.8 Å². The zero-order valence-corrected chi connectivity index (χ0v) is 13.9. The number of hydrogen-bond acceptors (Lipinski definition) is 2. The summed E-state index contributed by atoms with van der Waals surface area (Å²) in [5.74, 6) is 2.15. The first kappa shape index (κ1) is 14.9. The predicted octanol–water partition coefficient (Wildman–Crippen LogP) is 5.56. The van der Waals surface area contributed by atoms with E-state index in [4.69, 9.17) is 10.5 Å². The third kappa shape index (κ3) is 3.15. The number of nitrogen functional groups attached to an aromatic ring is 1. The maximum atomic E-state index is 5.96. The Morgan fingerprint density at radius 1 is 1.05 bits per heavy atom. The molecule has 0 spiro atoms. The van der Waals surface area contributed by atoms with Gasteiger partial charge in [-0.05, 0) is 76.7 Å². The van der Waals surface area contributed by atoms with Crippen molar-refractivity contribution in [3.63, 3.8) is 0 Å². The third-order valence-electron chi connectivity index (χ3n) is 3.41. The monoisotopic (exact) mass is 333 g/mol. The van der Waals surface area contributed by atoms with Gasteiger partial charge < -0.3 is 10.5 Å². The molecule has 0 heterocycles. The minimum absolute atomic E-state index is 0.523. The summed E-state index contributed by atoms with van der Waals surface area (Å²) in [6.07, 6.45) is 0. The fraction of sp³-hybridized carbons (Fsp3) is 0.294. The summed E-state index contributed by atoms with van der Waals surface area (Å²) in [6.45, 7) is 8.48. The molecular weight excluding hydrogens is 314 g/mol. The van der Waals surface area contributed by atoms with Crippen LogP contribution in [0.5, 0.6) is 11.5 Å². The van der Waals surface area contributed by atoms with E-state index < -0.39 is 0 Å². The molecule has 0 atom stereocenters. The van der Waals surface area contributed by atoms with Gasteiger partial charge in [-0.2, -0.15) is 0 Å². The summed E-state index contributed by atoms with van der Waals surface area (Å²) >= 11 is 3.49. The van der Waals surface area contributed by atoms with Crippen LogP contribution in [-0.4, -0.2) is 0 Å². The standard InChI is InChI=1S/C17H20BrNO/c1-10(2)14-6-5-13(7-11(14)3)20-17-8-12(4)16(19)9-15(17)18/h5-10H,19H2,1-4H3. The molecule has 2 nitrogen and oxygen atoms in total. The van der Waals surface area contributed by atoms with Crippen LogP contribution in [0.2, 0.25) is 0 Å². The molecule has 0 fully saturated rings. The molecule has 20 heavy (non-hydrogen) atoms. The highest BCUT2D eigenvalue weighted by atomic mass is 79.9. The first-order valence-electron chi connectivity index (χ1n) is 6.72. The van der Waals surface area contributed by atoms with Gasteiger partial charge in [0.1, 0.15) is 11.5 Å². The van der Waals surface area contributed by atoms with Crippen molar-refractivity contribution in [1.82, 2.24) is 0 Å². The van der Waals surface area contributed by atoms with Crippen molar-refractivity contribution in [1.29, 1.82) is 0 Å². The third-order valence-corrected chi connectivity index (χ3v) is 4.03. The van der Waals surface area contributed by atoms with Gasteiger partial charge in [-0.15, -0.1) is 0 Å².